The van der Waals surface area contributed by atoms with Gasteiger partial charge >= 0.3 is 5.97 Å². The molecule has 6 N–H and O–H groups in total. The second kappa shape index (κ2) is 3.42. The minimum atomic E-state index is -1.04. The fourth-order valence-corrected chi connectivity index (χ4v) is 0.151. The number of carboxylic acid groups (broad SMARTS) is 1. The molecule has 0 heterocycles. The van der Waals surface area contributed by atoms with E-state index in [-0.39, 0.29) is 6.15 Å². The van der Waals surface area contributed by atoms with Crippen molar-refractivity contribution in [2.75, 3.05) is 0 Å². The van der Waals surface area contributed by atoms with E-state index in [0.29, 0.717) is 6.42 Å². The predicted octanol–water partition coefficient (Wildman–Crippen LogP) is 0.360. The van der Waals surface area contributed by atoms with Crippen LogP contribution >= 0.6 is 0 Å². The summed E-state index contributed by atoms with van der Waals surface area (Å²) in [6.07, 6.45) is 0.461. The normalized spacial score (nSPS) is 15.4. The Morgan fingerprint density at radius 1 is 1.78 bits per heavy atom. The molecular formula is C5H14N2O2. The lowest BCUT2D eigenvalue weighted by Crippen LogP contribution is -2.43. The maximum atomic E-state index is 10.1. The smallest absolute Gasteiger partial charge is 0.323 e. The molecule has 0 saturated heterocycles. The highest BCUT2D eigenvalue weighted by Gasteiger charge is 2.24. The third-order valence-corrected chi connectivity index (χ3v) is 1.22. The molecule has 0 aliphatic rings. The first kappa shape index (κ1) is 11.2. The lowest BCUT2D eigenvalue weighted by atomic mass is 10.0. The molecule has 9 heavy (non-hydrogen) atoms. The SMILES string of the molecule is CCC(C)(N)C(=O)O.N. The van der Waals surface area contributed by atoms with Gasteiger partial charge in [-0.15, -0.1) is 0 Å². The van der Waals surface area contributed by atoms with Crippen LogP contribution in [0.4, 0.5) is 0 Å². The maximum Gasteiger partial charge on any atom is 0.323 e. The van der Waals surface area contributed by atoms with Crippen molar-refractivity contribution in [1.29, 1.82) is 0 Å². The minimum absolute atomic E-state index is 0. The Bertz CT molecular complexity index is 101. The van der Waals surface area contributed by atoms with Crippen molar-refractivity contribution in [2.45, 2.75) is 25.8 Å². The lowest BCUT2D eigenvalue weighted by Gasteiger charge is -2.14. The van der Waals surface area contributed by atoms with E-state index in [1.165, 1.54) is 6.92 Å². The van der Waals surface area contributed by atoms with E-state index >= 15 is 0 Å². The maximum absolute atomic E-state index is 10.1. The van der Waals surface area contributed by atoms with Gasteiger partial charge in [-0.2, -0.15) is 0 Å². The summed E-state index contributed by atoms with van der Waals surface area (Å²) in [7, 11) is 0. The van der Waals surface area contributed by atoms with Crippen LogP contribution in [0.5, 0.6) is 0 Å². The number of carbonyl (C=O) groups is 1. The van der Waals surface area contributed by atoms with Gasteiger partial charge in [0.15, 0.2) is 0 Å². The summed E-state index contributed by atoms with van der Waals surface area (Å²) in [4.78, 5) is 10.1. The third-order valence-electron chi connectivity index (χ3n) is 1.22. The molecule has 0 bridgehead atoms. The molecule has 1 unspecified atom stereocenters. The van der Waals surface area contributed by atoms with Gasteiger partial charge in [-0.3, -0.25) is 4.79 Å². The van der Waals surface area contributed by atoms with Crippen LogP contribution in [0.25, 0.3) is 0 Å². The summed E-state index contributed by atoms with van der Waals surface area (Å²) in [6.45, 7) is 3.24. The van der Waals surface area contributed by atoms with Crippen molar-refractivity contribution >= 4 is 5.97 Å². The zero-order valence-electron chi connectivity index (χ0n) is 5.85. The summed E-state index contributed by atoms with van der Waals surface area (Å²) >= 11 is 0. The van der Waals surface area contributed by atoms with E-state index < -0.39 is 11.5 Å². The number of hydrogen-bond acceptors (Lipinski definition) is 3. The minimum Gasteiger partial charge on any atom is -0.480 e. The van der Waals surface area contributed by atoms with Crippen molar-refractivity contribution in [3.8, 4) is 0 Å². The standard InChI is InChI=1S/C5H11NO2.H3N/c1-3-5(2,6)4(7)8;/h3,6H2,1-2H3,(H,7,8);1H3. The molecule has 0 radical (unpaired) electrons. The molecule has 1 atom stereocenters. The molecular weight excluding hydrogens is 120 g/mol. The van der Waals surface area contributed by atoms with Gasteiger partial charge in [-0.05, 0) is 13.3 Å². The van der Waals surface area contributed by atoms with Gasteiger partial charge in [0.2, 0.25) is 0 Å². The zero-order chi connectivity index (χ0) is 6.78. The molecule has 0 aromatic heterocycles. The first-order valence-corrected chi connectivity index (χ1v) is 2.53. The first-order chi connectivity index (χ1) is 3.50. The zero-order valence-corrected chi connectivity index (χ0v) is 5.85. The Kier molecular flexibility index (Phi) is 4.27. The second-order valence-electron chi connectivity index (χ2n) is 2.08. The van der Waals surface area contributed by atoms with E-state index in [9.17, 15) is 4.79 Å². The summed E-state index contributed by atoms with van der Waals surface area (Å²) in [5.74, 6) is -0.944. The van der Waals surface area contributed by atoms with Gasteiger partial charge in [0.1, 0.15) is 5.54 Å². The topological polar surface area (TPSA) is 98.3 Å². The Hall–Kier alpha value is -0.610. The van der Waals surface area contributed by atoms with Crippen molar-refractivity contribution in [3.05, 3.63) is 0 Å². The van der Waals surface area contributed by atoms with Gasteiger partial charge in [-0.1, -0.05) is 6.92 Å². The first-order valence-electron chi connectivity index (χ1n) is 2.53. The molecule has 0 amide bonds. The molecule has 0 spiro atoms. The van der Waals surface area contributed by atoms with Crippen LogP contribution in [0.1, 0.15) is 20.3 Å². The highest BCUT2D eigenvalue weighted by Crippen LogP contribution is 2.02. The highest BCUT2D eigenvalue weighted by molar-refractivity contribution is 5.77. The van der Waals surface area contributed by atoms with Crippen molar-refractivity contribution in [1.82, 2.24) is 6.15 Å². The van der Waals surface area contributed by atoms with Gasteiger partial charge in [-0.25, -0.2) is 0 Å². The molecule has 0 fully saturated rings. The second-order valence-corrected chi connectivity index (χ2v) is 2.08. The monoisotopic (exact) mass is 134 g/mol. The highest BCUT2D eigenvalue weighted by atomic mass is 16.4. The van der Waals surface area contributed by atoms with Crippen LogP contribution in [0.15, 0.2) is 0 Å². The van der Waals surface area contributed by atoms with E-state index in [1.807, 2.05) is 0 Å². The van der Waals surface area contributed by atoms with Crippen molar-refractivity contribution < 1.29 is 9.90 Å². The largest absolute Gasteiger partial charge is 0.480 e. The molecule has 0 aromatic carbocycles. The lowest BCUT2D eigenvalue weighted by molar-refractivity contribution is -0.142. The van der Waals surface area contributed by atoms with E-state index in [0.717, 1.165) is 0 Å². The van der Waals surface area contributed by atoms with Crippen LogP contribution in [0.3, 0.4) is 0 Å². The molecule has 4 heteroatoms. The summed E-state index contributed by atoms with van der Waals surface area (Å²) in [5.41, 5.74) is 4.22. The van der Waals surface area contributed by atoms with Crippen LogP contribution in [0, 0.1) is 0 Å². The number of hydrogen-bond donors (Lipinski definition) is 3. The molecule has 0 aliphatic carbocycles. The average molecular weight is 134 g/mol. The molecule has 0 saturated carbocycles. The molecule has 0 aromatic rings. The molecule has 0 rings (SSSR count). The number of aliphatic carboxylic acids is 1. The quantitative estimate of drug-likeness (QED) is 0.507. The molecule has 0 aliphatic heterocycles. The Morgan fingerprint density at radius 2 is 2.11 bits per heavy atom. The van der Waals surface area contributed by atoms with Gasteiger partial charge in [0, 0.05) is 0 Å². The Morgan fingerprint density at radius 3 is 2.11 bits per heavy atom. The van der Waals surface area contributed by atoms with Gasteiger partial charge in [0.25, 0.3) is 0 Å². The summed E-state index contributed by atoms with van der Waals surface area (Å²) < 4.78 is 0. The fourth-order valence-electron chi connectivity index (χ4n) is 0.151. The predicted molar refractivity (Wildman–Crippen MR) is 35.5 cm³/mol. The van der Waals surface area contributed by atoms with Gasteiger partial charge in [0.05, 0.1) is 0 Å². The Labute approximate surface area is 54.6 Å². The number of rotatable bonds is 2. The van der Waals surface area contributed by atoms with Crippen molar-refractivity contribution in [2.24, 2.45) is 5.73 Å². The molecule has 4 nitrogen and oxygen atoms in total. The Balaban J connectivity index is 0. The van der Waals surface area contributed by atoms with E-state index in [2.05, 4.69) is 0 Å². The number of nitrogens with two attached hydrogens (primary N) is 1. The van der Waals surface area contributed by atoms with Gasteiger partial charge < -0.3 is 17.0 Å². The molecule has 56 valence electrons. The van der Waals surface area contributed by atoms with E-state index in [4.69, 9.17) is 10.8 Å². The summed E-state index contributed by atoms with van der Waals surface area (Å²) in [6, 6.07) is 0. The van der Waals surface area contributed by atoms with E-state index in [1.54, 1.807) is 6.92 Å². The average Bonchev–Trinajstić information content (AvgIpc) is 1.67. The van der Waals surface area contributed by atoms with Crippen LogP contribution in [0.2, 0.25) is 0 Å². The van der Waals surface area contributed by atoms with Crippen molar-refractivity contribution in [3.63, 3.8) is 0 Å². The summed E-state index contributed by atoms with van der Waals surface area (Å²) in [5, 5.41) is 8.32. The van der Waals surface area contributed by atoms with Crippen LogP contribution in [-0.2, 0) is 4.79 Å². The number of carboxylic acids is 1. The third kappa shape index (κ3) is 3.05. The fraction of sp³-hybridized carbons (Fsp3) is 0.800. The van der Waals surface area contributed by atoms with Crippen LogP contribution < -0.4 is 11.9 Å². The van der Waals surface area contributed by atoms with Crippen LogP contribution in [-0.4, -0.2) is 16.6 Å².